The van der Waals surface area contributed by atoms with Gasteiger partial charge in [-0.3, -0.25) is 14.5 Å². The van der Waals surface area contributed by atoms with Gasteiger partial charge in [-0.15, -0.1) is 0 Å². The summed E-state index contributed by atoms with van der Waals surface area (Å²) in [4.78, 5) is 36.7. The van der Waals surface area contributed by atoms with Crippen LogP contribution in [0, 0.1) is 23.7 Å². The van der Waals surface area contributed by atoms with Crippen molar-refractivity contribution in [1.82, 2.24) is 4.90 Å². The first kappa shape index (κ1) is 12.1. The lowest BCUT2D eigenvalue weighted by Crippen LogP contribution is -2.36. The van der Waals surface area contributed by atoms with Crippen molar-refractivity contribution in [3.05, 3.63) is 24.8 Å². The van der Waals surface area contributed by atoms with Crippen LogP contribution in [0.1, 0.15) is 6.42 Å². The maximum Gasteiger partial charge on any atom is 0.330 e. The van der Waals surface area contributed by atoms with Gasteiger partial charge in [-0.2, -0.15) is 0 Å². The summed E-state index contributed by atoms with van der Waals surface area (Å²) in [5, 5.41) is 0. The molecule has 3 rings (SSSR count). The van der Waals surface area contributed by atoms with E-state index in [1.54, 1.807) is 0 Å². The van der Waals surface area contributed by atoms with Crippen LogP contribution >= 0.6 is 0 Å². The molecule has 1 aliphatic heterocycles. The minimum atomic E-state index is -0.541. The number of carbonyl (C=O) groups is 3. The van der Waals surface area contributed by atoms with E-state index in [1.807, 2.05) is 0 Å². The number of imide groups is 1. The Kier molecular flexibility index (Phi) is 2.77. The molecule has 2 bridgehead atoms. The minimum Gasteiger partial charge on any atom is -0.461 e. The van der Waals surface area contributed by atoms with Crippen LogP contribution in [0.25, 0.3) is 0 Å². The van der Waals surface area contributed by atoms with Crippen LogP contribution in [0.2, 0.25) is 0 Å². The van der Waals surface area contributed by atoms with Gasteiger partial charge in [0.05, 0.1) is 18.4 Å². The summed E-state index contributed by atoms with van der Waals surface area (Å²) in [6.07, 6.45) is 6.09. The highest BCUT2D eigenvalue weighted by Gasteiger charge is 2.58. The molecule has 19 heavy (non-hydrogen) atoms. The molecule has 5 nitrogen and oxygen atoms in total. The van der Waals surface area contributed by atoms with Crippen molar-refractivity contribution in [2.75, 3.05) is 13.2 Å². The van der Waals surface area contributed by atoms with Crippen molar-refractivity contribution in [3.63, 3.8) is 0 Å². The largest absolute Gasteiger partial charge is 0.461 e. The molecule has 0 radical (unpaired) electrons. The number of allylic oxidation sites excluding steroid dienone is 2. The molecule has 100 valence electrons. The first-order valence-electron chi connectivity index (χ1n) is 6.46. The van der Waals surface area contributed by atoms with Crippen molar-refractivity contribution >= 4 is 17.8 Å². The number of hydrogen-bond acceptors (Lipinski definition) is 4. The Balaban J connectivity index is 1.66. The molecule has 2 aliphatic carbocycles. The molecule has 0 aromatic carbocycles. The number of amides is 2. The van der Waals surface area contributed by atoms with E-state index < -0.39 is 5.97 Å². The normalized spacial score (nSPS) is 34.8. The van der Waals surface area contributed by atoms with E-state index in [1.165, 1.54) is 4.90 Å². The van der Waals surface area contributed by atoms with Crippen molar-refractivity contribution in [2.24, 2.45) is 23.7 Å². The van der Waals surface area contributed by atoms with E-state index in [2.05, 4.69) is 18.7 Å². The van der Waals surface area contributed by atoms with Crippen LogP contribution in [0.5, 0.6) is 0 Å². The maximum atomic E-state index is 12.2. The molecule has 1 saturated heterocycles. The third-order valence-corrected chi connectivity index (χ3v) is 4.29. The molecule has 3 aliphatic rings. The zero-order chi connectivity index (χ0) is 13.6. The summed E-state index contributed by atoms with van der Waals surface area (Å²) in [7, 11) is 0. The monoisotopic (exact) mass is 261 g/mol. The first-order chi connectivity index (χ1) is 9.13. The number of likely N-dealkylation sites (tertiary alicyclic amines) is 1. The number of fused-ring (bicyclic) bond motifs is 5. The van der Waals surface area contributed by atoms with Gasteiger partial charge in [0.2, 0.25) is 11.8 Å². The molecule has 4 atom stereocenters. The highest BCUT2D eigenvalue weighted by atomic mass is 16.5. The summed E-state index contributed by atoms with van der Waals surface area (Å²) in [5.41, 5.74) is 0. The topological polar surface area (TPSA) is 63.7 Å². The second-order valence-corrected chi connectivity index (χ2v) is 5.20. The zero-order valence-electron chi connectivity index (χ0n) is 10.5. The van der Waals surface area contributed by atoms with Crippen LogP contribution in [-0.4, -0.2) is 35.8 Å². The Morgan fingerprint density at radius 2 is 1.89 bits per heavy atom. The van der Waals surface area contributed by atoms with Gasteiger partial charge in [-0.25, -0.2) is 4.79 Å². The van der Waals surface area contributed by atoms with Gasteiger partial charge in [0, 0.05) is 6.08 Å². The van der Waals surface area contributed by atoms with Crippen LogP contribution in [-0.2, 0) is 19.1 Å². The molecule has 1 saturated carbocycles. The maximum absolute atomic E-state index is 12.2. The van der Waals surface area contributed by atoms with E-state index in [9.17, 15) is 14.4 Å². The second kappa shape index (κ2) is 4.33. The highest BCUT2D eigenvalue weighted by Crippen LogP contribution is 2.52. The van der Waals surface area contributed by atoms with E-state index in [-0.39, 0.29) is 48.6 Å². The van der Waals surface area contributed by atoms with E-state index >= 15 is 0 Å². The van der Waals surface area contributed by atoms with Crippen molar-refractivity contribution in [3.8, 4) is 0 Å². The SMILES string of the molecule is C=CC(=O)OCCN1C(=O)C2C(C1=O)[C@H]1C=C[C@@H]2C1. The van der Waals surface area contributed by atoms with Gasteiger partial charge >= 0.3 is 5.97 Å². The Hall–Kier alpha value is -1.91. The quantitative estimate of drug-likeness (QED) is 0.320. The van der Waals surface area contributed by atoms with E-state index in [0.29, 0.717) is 0 Å². The molecule has 2 unspecified atom stereocenters. The van der Waals surface area contributed by atoms with E-state index in [4.69, 9.17) is 4.74 Å². The van der Waals surface area contributed by atoms with E-state index in [0.717, 1.165) is 12.5 Å². The van der Waals surface area contributed by atoms with Crippen molar-refractivity contribution in [2.45, 2.75) is 6.42 Å². The fourth-order valence-corrected chi connectivity index (χ4v) is 3.48. The molecule has 0 spiro atoms. The molecule has 2 amide bonds. The van der Waals surface area contributed by atoms with Crippen LogP contribution in [0.3, 0.4) is 0 Å². The van der Waals surface area contributed by atoms with Gasteiger partial charge in [0.25, 0.3) is 0 Å². The molecular weight excluding hydrogens is 246 g/mol. The van der Waals surface area contributed by atoms with Gasteiger partial charge in [-0.1, -0.05) is 18.7 Å². The van der Waals surface area contributed by atoms with Gasteiger partial charge < -0.3 is 4.74 Å². The first-order valence-corrected chi connectivity index (χ1v) is 6.46. The fourth-order valence-electron chi connectivity index (χ4n) is 3.48. The third kappa shape index (κ3) is 1.72. The molecule has 0 aromatic rings. The summed E-state index contributed by atoms with van der Waals surface area (Å²) < 4.78 is 4.82. The Morgan fingerprint density at radius 1 is 1.32 bits per heavy atom. The smallest absolute Gasteiger partial charge is 0.330 e. The molecule has 0 N–H and O–H groups in total. The van der Waals surface area contributed by atoms with Crippen molar-refractivity contribution in [1.29, 1.82) is 0 Å². The molecule has 2 fully saturated rings. The summed E-state index contributed by atoms with van der Waals surface area (Å²) in [6.45, 7) is 3.46. The Labute approximate surface area is 110 Å². The Bertz CT molecular complexity index is 466. The van der Waals surface area contributed by atoms with Gasteiger partial charge in [-0.05, 0) is 18.3 Å². The average molecular weight is 261 g/mol. The number of esters is 1. The van der Waals surface area contributed by atoms with Crippen LogP contribution in [0.4, 0.5) is 0 Å². The second-order valence-electron chi connectivity index (χ2n) is 5.20. The number of rotatable bonds is 4. The summed E-state index contributed by atoms with van der Waals surface area (Å²) in [5.74, 6) is -0.696. The molecule has 5 heteroatoms. The summed E-state index contributed by atoms with van der Waals surface area (Å²) >= 11 is 0. The lowest BCUT2D eigenvalue weighted by Gasteiger charge is -2.16. The highest BCUT2D eigenvalue weighted by molar-refractivity contribution is 6.06. The van der Waals surface area contributed by atoms with Gasteiger partial charge in [0.15, 0.2) is 0 Å². The number of ether oxygens (including phenoxy) is 1. The number of nitrogens with zero attached hydrogens (tertiary/aromatic N) is 1. The fraction of sp³-hybridized carbons (Fsp3) is 0.500. The Morgan fingerprint density at radius 3 is 2.42 bits per heavy atom. The van der Waals surface area contributed by atoms with Crippen molar-refractivity contribution < 1.29 is 19.1 Å². The van der Waals surface area contributed by atoms with Crippen LogP contribution in [0.15, 0.2) is 24.8 Å². The predicted molar refractivity (Wildman–Crippen MR) is 65.6 cm³/mol. The zero-order valence-corrected chi connectivity index (χ0v) is 10.5. The third-order valence-electron chi connectivity index (χ3n) is 4.29. The minimum absolute atomic E-state index is 0.0323. The molecular formula is C14H15NO4. The molecule has 1 heterocycles. The predicted octanol–water partition coefficient (Wildman–Crippen LogP) is 0.523. The number of carbonyl (C=O) groups excluding carboxylic acids is 3. The average Bonchev–Trinajstić information content (AvgIpc) is 3.07. The van der Waals surface area contributed by atoms with Gasteiger partial charge in [0.1, 0.15) is 6.61 Å². The standard InChI is InChI=1S/C14H15NO4/c1-2-10(16)19-6-5-15-13(17)11-8-3-4-9(7-8)12(11)14(15)18/h2-4,8-9,11-12H,1,5-7H2/t8-,9+,11?,12?. The lowest BCUT2D eigenvalue weighted by atomic mass is 9.85. The lowest BCUT2D eigenvalue weighted by molar-refractivity contribution is -0.145. The number of hydrogen-bond donors (Lipinski definition) is 0. The summed E-state index contributed by atoms with van der Waals surface area (Å²) in [6, 6.07) is 0. The molecule has 0 aromatic heterocycles. The van der Waals surface area contributed by atoms with Crippen LogP contribution < -0.4 is 0 Å².